The van der Waals surface area contributed by atoms with Crippen LogP contribution in [-0.2, 0) is 4.74 Å². The van der Waals surface area contributed by atoms with Crippen molar-refractivity contribution in [3.63, 3.8) is 0 Å². The maximum Gasteiger partial charge on any atom is 0.319 e. The third kappa shape index (κ3) is 4.93. The number of nitrogens with one attached hydrogen (secondary N) is 2. The van der Waals surface area contributed by atoms with Crippen molar-refractivity contribution in [2.24, 2.45) is 5.92 Å². The standard InChI is InChI=1S/C14H17F3N2O2/c15-10-4-5-11(13(17)12(10)16)19-14(20)18-6-1-7-21-8-9-2-3-9/h4-5,9H,1-3,6-8H2,(H2,18,19,20). The molecule has 1 saturated carbocycles. The van der Waals surface area contributed by atoms with Crippen molar-refractivity contribution in [1.29, 1.82) is 0 Å². The zero-order valence-corrected chi connectivity index (χ0v) is 11.4. The predicted molar refractivity (Wildman–Crippen MR) is 71.5 cm³/mol. The van der Waals surface area contributed by atoms with Gasteiger partial charge in [-0.15, -0.1) is 0 Å². The molecule has 4 nitrogen and oxygen atoms in total. The van der Waals surface area contributed by atoms with Crippen molar-refractivity contribution in [3.05, 3.63) is 29.6 Å². The molecule has 1 fully saturated rings. The maximum atomic E-state index is 13.3. The van der Waals surface area contributed by atoms with Gasteiger partial charge in [-0.05, 0) is 37.3 Å². The molecule has 1 aliphatic carbocycles. The third-order valence-electron chi connectivity index (χ3n) is 3.08. The molecule has 0 heterocycles. The number of carbonyl (C=O) groups is 1. The number of anilines is 1. The first-order chi connectivity index (χ1) is 10.1. The average Bonchev–Trinajstić information content (AvgIpc) is 3.27. The smallest absolute Gasteiger partial charge is 0.319 e. The van der Waals surface area contributed by atoms with Crippen molar-refractivity contribution >= 4 is 11.7 Å². The molecule has 116 valence electrons. The largest absolute Gasteiger partial charge is 0.381 e. The van der Waals surface area contributed by atoms with Crippen molar-refractivity contribution < 1.29 is 22.7 Å². The topological polar surface area (TPSA) is 50.4 Å². The lowest BCUT2D eigenvalue weighted by Gasteiger charge is -2.09. The van der Waals surface area contributed by atoms with E-state index >= 15 is 0 Å². The highest BCUT2D eigenvalue weighted by Gasteiger charge is 2.20. The minimum absolute atomic E-state index is 0.349. The van der Waals surface area contributed by atoms with Gasteiger partial charge in [0.2, 0.25) is 0 Å². The molecule has 7 heteroatoms. The van der Waals surface area contributed by atoms with E-state index in [4.69, 9.17) is 4.74 Å². The maximum absolute atomic E-state index is 13.3. The molecule has 0 spiro atoms. The van der Waals surface area contributed by atoms with Crippen LogP contribution in [0.1, 0.15) is 19.3 Å². The fourth-order valence-corrected chi connectivity index (χ4v) is 1.70. The highest BCUT2D eigenvalue weighted by atomic mass is 19.2. The van der Waals surface area contributed by atoms with E-state index in [2.05, 4.69) is 10.6 Å². The first-order valence-corrected chi connectivity index (χ1v) is 6.84. The van der Waals surface area contributed by atoms with Gasteiger partial charge in [-0.1, -0.05) is 0 Å². The van der Waals surface area contributed by atoms with Gasteiger partial charge in [0.1, 0.15) is 0 Å². The third-order valence-corrected chi connectivity index (χ3v) is 3.08. The SMILES string of the molecule is O=C(NCCCOCC1CC1)Nc1ccc(F)c(F)c1F. The van der Waals surface area contributed by atoms with Crippen LogP contribution >= 0.6 is 0 Å². The van der Waals surface area contributed by atoms with Gasteiger partial charge in [0, 0.05) is 19.8 Å². The number of urea groups is 1. The summed E-state index contributed by atoms with van der Waals surface area (Å²) in [5, 5.41) is 4.61. The molecule has 1 aromatic carbocycles. The molecule has 0 radical (unpaired) electrons. The van der Waals surface area contributed by atoms with E-state index in [1.54, 1.807) is 0 Å². The zero-order valence-electron chi connectivity index (χ0n) is 11.4. The molecule has 0 atom stereocenters. The van der Waals surface area contributed by atoms with Gasteiger partial charge in [0.15, 0.2) is 17.5 Å². The van der Waals surface area contributed by atoms with Crippen LogP contribution < -0.4 is 10.6 Å². The van der Waals surface area contributed by atoms with Gasteiger partial charge in [-0.25, -0.2) is 18.0 Å². The van der Waals surface area contributed by atoms with Crippen molar-refractivity contribution in [1.82, 2.24) is 5.32 Å². The van der Waals surface area contributed by atoms with Crippen LogP contribution in [0.4, 0.5) is 23.7 Å². The number of benzene rings is 1. The van der Waals surface area contributed by atoms with Gasteiger partial charge in [0.25, 0.3) is 0 Å². The van der Waals surface area contributed by atoms with E-state index in [0.29, 0.717) is 25.5 Å². The summed E-state index contributed by atoms with van der Waals surface area (Å²) in [6, 6.07) is 1.04. The molecule has 0 bridgehead atoms. The molecular formula is C14H17F3N2O2. The van der Waals surface area contributed by atoms with E-state index in [-0.39, 0.29) is 0 Å². The number of ether oxygens (including phenoxy) is 1. The summed E-state index contributed by atoms with van der Waals surface area (Å²) in [5.74, 6) is -3.64. The van der Waals surface area contributed by atoms with Gasteiger partial charge < -0.3 is 15.4 Å². The lowest BCUT2D eigenvalue weighted by Crippen LogP contribution is -2.30. The Bertz CT molecular complexity index is 507. The van der Waals surface area contributed by atoms with Crippen LogP contribution in [-0.4, -0.2) is 25.8 Å². The van der Waals surface area contributed by atoms with Gasteiger partial charge in [-0.2, -0.15) is 0 Å². The Morgan fingerprint density at radius 2 is 2.00 bits per heavy atom. The first-order valence-electron chi connectivity index (χ1n) is 6.84. The molecule has 2 amide bonds. The molecule has 0 unspecified atom stereocenters. The average molecular weight is 302 g/mol. The summed E-state index contributed by atoms with van der Waals surface area (Å²) in [4.78, 5) is 11.5. The second-order valence-corrected chi connectivity index (χ2v) is 4.98. The van der Waals surface area contributed by atoms with Crippen molar-refractivity contribution in [2.45, 2.75) is 19.3 Å². The molecule has 1 aromatic rings. The second-order valence-electron chi connectivity index (χ2n) is 4.98. The highest BCUT2D eigenvalue weighted by molar-refractivity contribution is 5.89. The minimum atomic E-state index is -1.61. The summed E-state index contributed by atoms with van der Waals surface area (Å²) in [6.45, 7) is 1.64. The number of halogens is 3. The molecule has 0 aliphatic heterocycles. The quantitative estimate of drug-likeness (QED) is 0.601. The zero-order chi connectivity index (χ0) is 15.2. The fraction of sp³-hybridized carbons (Fsp3) is 0.500. The Kier molecular flexibility index (Phi) is 5.44. The molecule has 2 N–H and O–H groups in total. The Labute approximate surface area is 120 Å². The summed E-state index contributed by atoms with van der Waals surface area (Å²) in [6.07, 6.45) is 3.07. The summed E-state index contributed by atoms with van der Waals surface area (Å²) < 4.78 is 44.4. The van der Waals surface area contributed by atoms with Crippen molar-refractivity contribution in [2.75, 3.05) is 25.1 Å². The van der Waals surface area contributed by atoms with Crippen LogP contribution in [0, 0.1) is 23.4 Å². The molecule has 1 aliphatic rings. The lowest BCUT2D eigenvalue weighted by atomic mass is 10.3. The van der Waals surface area contributed by atoms with E-state index in [1.807, 2.05) is 0 Å². The summed E-state index contributed by atoms with van der Waals surface area (Å²) in [7, 11) is 0. The number of amides is 2. The molecule has 21 heavy (non-hydrogen) atoms. The Hall–Kier alpha value is -1.76. The number of rotatable bonds is 7. The number of carbonyl (C=O) groups excluding carboxylic acids is 1. The van der Waals surface area contributed by atoms with Crippen LogP contribution in [0.15, 0.2) is 12.1 Å². The lowest BCUT2D eigenvalue weighted by molar-refractivity contribution is 0.122. The molecule has 0 aromatic heterocycles. The van der Waals surface area contributed by atoms with Gasteiger partial charge in [-0.3, -0.25) is 0 Å². The van der Waals surface area contributed by atoms with E-state index in [0.717, 1.165) is 18.7 Å². The van der Waals surface area contributed by atoms with Crippen LogP contribution in [0.3, 0.4) is 0 Å². The number of hydrogen-bond acceptors (Lipinski definition) is 2. The van der Waals surface area contributed by atoms with E-state index in [1.165, 1.54) is 12.8 Å². The number of hydrogen-bond donors (Lipinski definition) is 2. The van der Waals surface area contributed by atoms with Crippen LogP contribution in [0.5, 0.6) is 0 Å². The Balaban J connectivity index is 1.65. The Morgan fingerprint density at radius 3 is 2.71 bits per heavy atom. The van der Waals surface area contributed by atoms with Gasteiger partial charge >= 0.3 is 6.03 Å². The van der Waals surface area contributed by atoms with Crippen molar-refractivity contribution in [3.8, 4) is 0 Å². The normalized spacial score (nSPS) is 14.0. The van der Waals surface area contributed by atoms with E-state index in [9.17, 15) is 18.0 Å². The summed E-state index contributed by atoms with van der Waals surface area (Å²) >= 11 is 0. The monoisotopic (exact) mass is 302 g/mol. The molecular weight excluding hydrogens is 285 g/mol. The molecule has 2 rings (SSSR count). The highest BCUT2D eigenvalue weighted by Crippen LogP contribution is 2.28. The second kappa shape index (κ2) is 7.31. The predicted octanol–water partition coefficient (Wildman–Crippen LogP) is 3.04. The Morgan fingerprint density at radius 1 is 1.24 bits per heavy atom. The summed E-state index contributed by atoms with van der Waals surface area (Å²) in [5.41, 5.74) is -0.406. The van der Waals surface area contributed by atoms with E-state index < -0.39 is 29.2 Å². The first kappa shape index (κ1) is 15.6. The van der Waals surface area contributed by atoms with Crippen LogP contribution in [0.2, 0.25) is 0 Å². The van der Waals surface area contributed by atoms with Crippen LogP contribution in [0.25, 0.3) is 0 Å². The fourth-order valence-electron chi connectivity index (χ4n) is 1.70. The molecule has 0 saturated heterocycles. The minimum Gasteiger partial charge on any atom is -0.381 e. The van der Waals surface area contributed by atoms with Gasteiger partial charge in [0.05, 0.1) is 5.69 Å².